The van der Waals surface area contributed by atoms with Crippen LogP contribution in [-0.2, 0) is 0 Å². The molecular formula is C13H18ClN3O2. The van der Waals surface area contributed by atoms with Crippen LogP contribution in [-0.4, -0.2) is 35.5 Å². The minimum Gasteiger partial charge on any atom is -0.378 e. The Morgan fingerprint density at radius 3 is 2.84 bits per heavy atom. The molecule has 5 nitrogen and oxygen atoms in total. The number of nitrogens with one attached hydrogen (secondary N) is 1. The SMILES string of the molecule is CC(CNc1cc(Cl)ccc1[N+](=O)[O-])N(C)C1CC1. The Hall–Kier alpha value is -1.33. The minimum absolute atomic E-state index is 0.0608. The first-order chi connectivity index (χ1) is 8.99. The zero-order valence-corrected chi connectivity index (χ0v) is 11.9. The molecule has 0 radical (unpaired) electrons. The summed E-state index contributed by atoms with van der Waals surface area (Å²) in [6, 6.07) is 5.56. The Morgan fingerprint density at radius 2 is 2.26 bits per heavy atom. The lowest BCUT2D eigenvalue weighted by molar-refractivity contribution is -0.384. The highest BCUT2D eigenvalue weighted by Crippen LogP contribution is 2.29. The van der Waals surface area contributed by atoms with E-state index in [4.69, 9.17) is 11.6 Å². The van der Waals surface area contributed by atoms with E-state index in [1.165, 1.54) is 25.0 Å². The Labute approximate surface area is 117 Å². The van der Waals surface area contributed by atoms with Gasteiger partial charge in [-0.3, -0.25) is 15.0 Å². The van der Waals surface area contributed by atoms with Gasteiger partial charge in [0.25, 0.3) is 5.69 Å². The van der Waals surface area contributed by atoms with Crippen molar-refractivity contribution in [1.29, 1.82) is 0 Å². The van der Waals surface area contributed by atoms with Crippen LogP contribution in [0.1, 0.15) is 19.8 Å². The fourth-order valence-corrected chi connectivity index (χ4v) is 2.22. The third kappa shape index (κ3) is 3.58. The molecule has 1 saturated carbocycles. The zero-order chi connectivity index (χ0) is 14.0. The molecule has 1 atom stereocenters. The van der Waals surface area contributed by atoms with Crippen LogP contribution < -0.4 is 5.32 Å². The van der Waals surface area contributed by atoms with Gasteiger partial charge in [-0.1, -0.05) is 11.6 Å². The predicted molar refractivity (Wildman–Crippen MR) is 76.8 cm³/mol. The van der Waals surface area contributed by atoms with Gasteiger partial charge in [0, 0.05) is 29.7 Å². The van der Waals surface area contributed by atoms with Crippen LogP contribution in [0.15, 0.2) is 18.2 Å². The normalized spacial score (nSPS) is 16.4. The monoisotopic (exact) mass is 283 g/mol. The summed E-state index contributed by atoms with van der Waals surface area (Å²) in [5.41, 5.74) is 0.541. The first kappa shape index (κ1) is 14.1. The van der Waals surface area contributed by atoms with E-state index in [0.717, 1.165) is 0 Å². The summed E-state index contributed by atoms with van der Waals surface area (Å²) < 4.78 is 0. The number of hydrogen-bond acceptors (Lipinski definition) is 4. The smallest absolute Gasteiger partial charge is 0.292 e. The Balaban J connectivity index is 2.01. The molecule has 0 bridgehead atoms. The van der Waals surface area contributed by atoms with Crippen molar-refractivity contribution in [3.63, 3.8) is 0 Å². The topological polar surface area (TPSA) is 58.4 Å². The summed E-state index contributed by atoms with van der Waals surface area (Å²) in [4.78, 5) is 12.9. The van der Waals surface area contributed by atoms with Crippen LogP contribution in [0.2, 0.25) is 5.02 Å². The molecule has 1 aromatic carbocycles. The molecule has 2 rings (SSSR count). The molecule has 104 valence electrons. The number of anilines is 1. The Morgan fingerprint density at radius 1 is 1.58 bits per heavy atom. The van der Waals surface area contributed by atoms with Crippen LogP contribution in [0.4, 0.5) is 11.4 Å². The number of nitro benzene ring substituents is 1. The molecule has 1 N–H and O–H groups in total. The zero-order valence-electron chi connectivity index (χ0n) is 11.1. The minimum atomic E-state index is -0.395. The lowest BCUT2D eigenvalue weighted by atomic mass is 10.2. The van der Waals surface area contributed by atoms with E-state index in [2.05, 4.69) is 24.2 Å². The Bertz CT molecular complexity index is 477. The maximum Gasteiger partial charge on any atom is 0.292 e. The first-order valence-corrected chi connectivity index (χ1v) is 6.76. The van der Waals surface area contributed by atoms with E-state index >= 15 is 0 Å². The number of hydrogen-bond donors (Lipinski definition) is 1. The van der Waals surface area contributed by atoms with Crippen molar-refractivity contribution in [3.8, 4) is 0 Å². The summed E-state index contributed by atoms with van der Waals surface area (Å²) in [5, 5.41) is 14.6. The Kier molecular flexibility index (Phi) is 4.27. The average Bonchev–Trinajstić information content (AvgIpc) is 3.18. The van der Waals surface area contributed by atoms with Crippen molar-refractivity contribution in [2.45, 2.75) is 31.8 Å². The molecule has 1 aliphatic carbocycles. The summed E-state index contributed by atoms with van der Waals surface area (Å²) in [7, 11) is 2.09. The highest BCUT2D eigenvalue weighted by molar-refractivity contribution is 6.31. The van der Waals surface area contributed by atoms with Gasteiger partial charge in [0.15, 0.2) is 0 Å². The lowest BCUT2D eigenvalue weighted by Crippen LogP contribution is -2.36. The van der Waals surface area contributed by atoms with Gasteiger partial charge >= 0.3 is 0 Å². The molecule has 1 aromatic rings. The number of halogens is 1. The molecule has 1 fully saturated rings. The van der Waals surface area contributed by atoms with Crippen molar-refractivity contribution in [1.82, 2.24) is 4.90 Å². The molecule has 0 saturated heterocycles. The van der Waals surface area contributed by atoms with Gasteiger partial charge in [-0.05, 0) is 38.9 Å². The molecule has 1 aliphatic rings. The van der Waals surface area contributed by atoms with Gasteiger partial charge in [0.05, 0.1) is 4.92 Å². The van der Waals surface area contributed by atoms with Crippen LogP contribution in [0.5, 0.6) is 0 Å². The van der Waals surface area contributed by atoms with E-state index in [0.29, 0.717) is 29.3 Å². The second kappa shape index (κ2) is 5.75. The molecule has 6 heteroatoms. The third-order valence-electron chi connectivity index (χ3n) is 3.56. The van der Waals surface area contributed by atoms with Gasteiger partial charge in [-0.25, -0.2) is 0 Å². The van der Waals surface area contributed by atoms with Crippen LogP contribution in [0, 0.1) is 10.1 Å². The molecule has 1 unspecified atom stereocenters. The van der Waals surface area contributed by atoms with Crippen molar-refractivity contribution in [3.05, 3.63) is 33.3 Å². The molecule has 19 heavy (non-hydrogen) atoms. The maximum absolute atomic E-state index is 10.9. The molecule has 0 aromatic heterocycles. The molecule has 0 aliphatic heterocycles. The number of nitrogens with zero attached hydrogens (tertiary/aromatic N) is 2. The van der Waals surface area contributed by atoms with Gasteiger partial charge in [-0.15, -0.1) is 0 Å². The summed E-state index contributed by atoms with van der Waals surface area (Å²) in [6.07, 6.45) is 2.50. The highest BCUT2D eigenvalue weighted by Gasteiger charge is 2.29. The van der Waals surface area contributed by atoms with Gasteiger partial charge < -0.3 is 5.32 Å². The summed E-state index contributed by atoms with van der Waals surface area (Å²) in [5.74, 6) is 0. The molecular weight excluding hydrogens is 266 g/mol. The van der Waals surface area contributed by atoms with E-state index in [9.17, 15) is 10.1 Å². The van der Waals surface area contributed by atoms with Gasteiger partial charge in [-0.2, -0.15) is 0 Å². The van der Waals surface area contributed by atoms with E-state index < -0.39 is 4.92 Å². The number of benzene rings is 1. The molecule has 0 spiro atoms. The van der Waals surface area contributed by atoms with Crippen LogP contribution in [0.3, 0.4) is 0 Å². The first-order valence-electron chi connectivity index (χ1n) is 6.39. The number of nitro groups is 1. The number of rotatable bonds is 6. The quantitative estimate of drug-likeness (QED) is 0.644. The summed E-state index contributed by atoms with van der Waals surface area (Å²) in [6.45, 7) is 2.77. The second-order valence-electron chi connectivity index (χ2n) is 5.05. The fourth-order valence-electron chi connectivity index (χ4n) is 2.05. The number of likely N-dealkylation sites (N-methyl/N-ethyl adjacent to an activating group) is 1. The highest BCUT2D eigenvalue weighted by atomic mass is 35.5. The average molecular weight is 284 g/mol. The van der Waals surface area contributed by atoms with E-state index in [-0.39, 0.29) is 5.69 Å². The van der Waals surface area contributed by atoms with Crippen molar-refractivity contribution in [2.24, 2.45) is 0 Å². The van der Waals surface area contributed by atoms with Crippen LogP contribution in [0.25, 0.3) is 0 Å². The largest absolute Gasteiger partial charge is 0.378 e. The molecule has 0 amide bonds. The van der Waals surface area contributed by atoms with E-state index in [1.807, 2.05) is 0 Å². The van der Waals surface area contributed by atoms with Crippen molar-refractivity contribution in [2.75, 3.05) is 18.9 Å². The lowest BCUT2D eigenvalue weighted by Gasteiger charge is -2.25. The van der Waals surface area contributed by atoms with Crippen molar-refractivity contribution >= 4 is 23.0 Å². The molecule has 0 heterocycles. The van der Waals surface area contributed by atoms with Crippen molar-refractivity contribution < 1.29 is 4.92 Å². The summed E-state index contributed by atoms with van der Waals surface area (Å²) >= 11 is 5.89. The van der Waals surface area contributed by atoms with Gasteiger partial charge in [0.2, 0.25) is 0 Å². The van der Waals surface area contributed by atoms with Crippen LogP contribution >= 0.6 is 11.6 Å². The van der Waals surface area contributed by atoms with Gasteiger partial charge in [0.1, 0.15) is 5.69 Å². The third-order valence-corrected chi connectivity index (χ3v) is 3.80. The fraction of sp³-hybridized carbons (Fsp3) is 0.538. The van der Waals surface area contributed by atoms with E-state index in [1.54, 1.807) is 6.07 Å². The maximum atomic E-state index is 10.9. The predicted octanol–water partition coefficient (Wildman–Crippen LogP) is 3.14. The second-order valence-corrected chi connectivity index (χ2v) is 5.48. The standard InChI is InChI=1S/C13H18ClN3O2/c1-9(16(2)11-4-5-11)8-15-12-7-10(14)3-6-13(12)17(18)19/h3,6-7,9,11,15H,4-5,8H2,1-2H3.